The smallest absolute Gasteiger partial charge is 0.339 e. The quantitative estimate of drug-likeness (QED) is 0.655. The van der Waals surface area contributed by atoms with E-state index in [9.17, 15) is 18.0 Å². The minimum Gasteiger partial charge on any atom is -0.339 e. The molecule has 0 saturated carbocycles. The molecule has 2 unspecified atom stereocenters. The fourth-order valence-electron chi connectivity index (χ4n) is 4.39. The molecule has 1 amide bonds. The van der Waals surface area contributed by atoms with Crippen molar-refractivity contribution in [1.29, 1.82) is 0 Å². The summed E-state index contributed by atoms with van der Waals surface area (Å²) in [4.78, 5) is 18.5. The van der Waals surface area contributed by atoms with Crippen LogP contribution in [-0.4, -0.2) is 52.3 Å². The highest BCUT2D eigenvalue weighted by atomic mass is 32.1. The van der Waals surface area contributed by atoms with E-state index in [1.54, 1.807) is 12.3 Å². The minimum atomic E-state index is -4.20. The Kier molecular flexibility index (Phi) is 5.28. The van der Waals surface area contributed by atoms with E-state index in [-0.39, 0.29) is 30.8 Å². The van der Waals surface area contributed by atoms with E-state index in [0.717, 1.165) is 18.5 Å². The third-order valence-corrected chi connectivity index (χ3v) is 6.16. The van der Waals surface area contributed by atoms with Crippen molar-refractivity contribution in [2.45, 2.75) is 50.1 Å². The van der Waals surface area contributed by atoms with Crippen molar-refractivity contribution >= 4 is 23.2 Å². The maximum atomic E-state index is 13.2. The summed E-state index contributed by atoms with van der Waals surface area (Å²) in [7, 11) is 0. The molecule has 0 bridgehead atoms. The number of thiocarbonyl (C=S) groups is 1. The zero-order valence-corrected chi connectivity index (χ0v) is 15.9. The zero-order chi connectivity index (χ0) is 19.9. The van der Waals surface area contributed by atoms with Crippen LogP contribution in [0.1, 0.15) is 36.6 Å². The Bertz CT molecular complexity index is 774. The van der Waals surface area contributed by atoms with Gasteiger partial charge in [-0.1, -0.05) is 6.07 Å². The average molecular weight is 413 g/mol. The predicted molar refractivity (Wildman–Crippen MR) is 100 cm³/mol. The van der Waals surface area contributed by atoms with Gasteiger partial charge < -0.3 is 20.9 Å². The fourth-order valence-corrected chi connectivity index (χ4v) is 4.69. The molecule has 152 valence electrons. The molecule has 0 spiro atoms. The lowest BCUT2D eigenvalue weighted by atomic mass is 9.88. The first kappa shape index (κ1) is 19.5. The van der Waals surface area contributed by atoms with Crippen molar-refractivity contribution in [2.75, 3.05) is 13.1 Å². The molecular weight excluding hydrogens is 391 g/mol. The molecule has 1 aromatic heterocycles. The summed E-state index contributed by atoms with van der Waals surface area (Å²) in [6, 6.07) is 2.81. The van der Waals surface area contributed by atoms with E-state index >= 15 is 0 Å². The monoisotopic (exact) mass is 413 g/mol. The molecule has 3 saturated heterocycles. The van der Waals surface area contributed by atoms with Crippen LogP contribution in [0.5, 0.6) is 0 Å². The number of amides is 1. The number of alkyl halides is 3. The van der Waals surface area contributed by atoms with E-state index in [2.05, 4.69) is 20.9 Å². The van der Waals surface area contributed by atoms with Gasteiger partial charge in [-0.25, -0.2) is 0 Å². The molecule has 3 fully saturated rings. The van der Waals surface area contributed by atoms with Crippen LogP contribution in [0.15, 0.2) is 18.3 Å². The summed E-state index contributed by atoms with van der Waals surface area (Å²) in [5.41, 5.74) is 1.45. The normalized spacial score (nSPS) is 30.9. The lowest BCUT2D eigenvalue weighted by molar-refractivity contribution is -0.183. The van der Waals surface area contributed by atoms with Crippen LogP contribution in [0.2, 0.25) is 0 Å². The second-order valence-electron chi connectivity index (χ2n) is 7.53. The molecule has 0 aliphatic carbocycles. The highest BCUT2D eigenvalue weighted by Gasteiger charge is 2.44. The van der Waals surface area contributed by atoms with Crippen LogP contribution in [0.3, 0.4) is 0 Å². The maximum absolute atomic E-state index is 13.2. The number of nitrogens with zero attached hydrogens (tertiary/aromatic N) is 2. The second kappa shape index (κ2) is 7.57. The summed E-state index contributed by atoms with van der Waals surface area (Å²) < 4.78 is 39.7. The number of hydrogen-bond acceptors (Lipinski definition) is 5. The van der Waals surface area contributed by atoms with Gasteiger partial charge in [0.15, 0.2) is 5.11 Å². The largest absolute Gasteiger partial charge is 0.391 e. The SMILES string of the molecule is O=C1NC(=S)N(Cc2cccnc2[C@@H]2C[C@H](C(F)(F)F)CCN2)C2CCNC12. The van der Waals surface area contributed by atoms with E-state index in [1.165, 1.54) is 0 Å². The number of carbonyl (C=O) groups excluding carboxylic acids is 1. The van der Waals surface area contributed by atoms with Crippen molar-refractivity contribution in [3.63, 3.8) is 0 Å². The molecule has 4 atom stereocenters. The van der Waals surface area contributed by atoms with Gasteiger partial charge in [0.2, 0.25) is 5.91 Å². The summed E-state index contributed by atoms with van der Waals surface area (Å²) in [6.45, 7) is 1.43. The molecule has 3 aliphatic heterocycles. The Morgan fingerprint density at radius 2 is 2.04 bits per heavy atom. The Labute approximate surface area is 166 Å². The minimum absolute atomic E-state index is 0.0255. The Balaban J connectivity index is 1.56. The fraction of sp³-hybridized carbons (Fsp3) is 0.611. The molecule has 28 heavy (non-hydrogen) atoms. The van der Waals surface area contributed by atoms with Crippen LogP contribution >= 0.6 is 12.2 Å². The second-order valence-corrected chi connectivity index (χ2v) is 7.91. The molecule has 3 aliphatic rings. The number of nitrogens with one attached hydrogen (secondary N) is 3. The van der Waals surface area contributed by atoms with E-state index in [1.807, 2.05) is 11.0 Å². The average Bonchev–Trinajstić information content (AvgIpc) is 3.15. The highest BCUT2D eigenvalue weighted by Crippen LogP contribution is 2.38. The Morgan fingerprint density at radius 1 is 1.25 bits per heavy atom. The van der Waals surface area contributed by atoms with E-state index in [0.29, 0.717) is 23.9 Å². The first-order valence-corrected chi connectivity index (χ1v) is 9.84. The van der Waals surface area contributed by atoms with E-state index in [4.69, 9.17) is 12.2 Å². The first-order valence-electron chi connectivity index (χ1n) is 9.43. The topological polar surface area (TPSA) is 69.3 Å². The molecule has 3 N–H and O–H groups in total. The summed E-state index contributed by atoms with van der Waals surface area (Å²) >= 11 is 5.38. The number of piperidine rings is 1. The molecule has 0 radical (unpaired) electrons. The molecule has 4 heterocycles. The van der Waals surface area contributed by atoms with Crippen molar-refractivity contribution in [1.82, 2.24) is 25.8 Å². The van der Waals surface area contributed by atoms with Gasteiger partial charge in [-0.2, -0.15) is 13.2 Å². The van der Waals surface area contributed by atoms with E-state index < -0.39 is 18.1 Å². The molecule has 0 aromatic carbocycles. The number of carbonyl (C=O) groups is 1. The van der Waals surface area contributed by atoms with Gasteiger partial charge in [0, 0.05) is 12.7 Å². The Morgan fingerprint density at radius 3 is 2.82 bits per heavy atom. The number of fused-ring (bicyclic) bond motifs is 1. The first-order chi connectivity index (χ1) is 13.3. The van der Waals surface area contributed by atoms with Gasteiger partial charge in [-0.15, -0.1) is 0 Å². The number of halogens is 3. The van der Waals surface area contributed by atoms with Crippen LogP contribution in [0.25, 0.3) is 0 Å². The van der Waals surface area contributed by atoms with Crippen LogP contribution in [0.4, 0.5) is 13.2 Å². The molecular formula is C18H22F3N5OS. The van der Waals surface area contributed by atoms with Crippen LogP contribution in [0, 0.1) is 5.92 Å². The van der Waals surface area contributed by atoms with Gasteiger partial charge in [0.25, 0.3) is 0 Å². The lowest BCUT2D eigenvalue weighted by Gasteiger charge is -2.39. The van der Waals surface area contributed by atoms with Gasteiger partial charge in [-0.05, 0) is 56.2 Å². The van der Waals surface area contributed by atoms with Crippen molar-refractivity contribution in [2.24, 2.45) is 5.92 Å². The molecule has 1 aromatic rings. The number of pyridine rings is 1. The van der Waals surface area contributed by atoms with Crippen molar-refractivity contribution in [3.05, 3.63) is 29.6 Å². The zero-order valence-electron chi connectivity index (χ0n) is 15.1. The number of hydrogen-bond donors (Lipinski definition) is 3. The Hall–Kier alpha value is -1.78. The van der Waals surface area contributed by atoms with Crippen LogP contribution in [-0.2, 0) is 11.3 Å². The number of aromatic nitrogens is 1. The van der Waals surface area contributed by atoms with Crippen molar-refractivity contribution in [3.8, 4) is 0 Å². The van der Waals surface area contributed by atoms with Gasteiger partial charge in [-0.3, -0.25) is 9.78 Å². The lowest BCUT2D eigenvalue weighted by Crippen LogP contribution is -2.63. The molecule has 6 nitrogen and oxygen atoms in total. The van der Waals surface area contributed by atoms with Crippen LogP contribution < -0.4 is 16.0 Å². The standard InChI is InChI=1S/C18H22F3N5OS/c19-18(20,21)11-3-6-22-12(8-11)14-10(2-1-5-23-14)9-26-13-4-7-24-15(13)16(27)25-17(26)28/h1-2,5,11-13,15,22,24H,3-4,6-9H2,(H,25,27,28)/t11-,12+,13?,15?/m1/s1. The highest BCUT2D eigenvalue weighted by molar-refractivity contribution is 7.80. The van der Waals surface area contributed by atoms with Gasteiger partial charge in [0.1, 0.15) is 6.04 Å². The summed E-state index contributed by atoms with van der Waals surface area (Å²) in [5.74, 6) is -1.45. The maximum Gasteiger partial charge on any atom is 0.391 e. The third-order valence-electron chi connectivity index (χ3n) is 5.83. The van der Waals surface area contributed by atoms with Crippen molar-refractivity contribution < 1.29 is 18.0 Å². The predicted octanol–water partition coefficient (Wildman–Crippen LogP) is 1.63. The summed E-state index contributed by atoms with van der Waals surface area (Å²) in [5, 5.41) is 9.44. The molecule has 4 rings (SSSR count). The number of rotatable bonds is 3. The third kappa shape index (κ3) is 3.72. The summed E-state index contributed by atoms with van der Waals surface area (Å²) in [6.07, 6.45) is -1.75. The molecule has 10 heteroatoms. The van der Waals surface area contributed by atoms with Gasteiger partial charge in [0.05, 0.1) is 23.7 Å². The van der Waals surface area contributed by atoms with Gasteiger partial charge >= 0.3 is 6.18 Å².